The maximum atomic E-state index is 5.81. The first-order valence-electron chi connectivity index (χ1n) is 3.04. The predicted molar refractivity (Wildman–Crippen MR) is 42.4 cm³/mol. The highest BCUT2D eigenvalue weighted by molar-refractivity contribution is 6.29. The number of pyridine rings is 1. The van der Waals surface area contributed by atoms with E-state index in [1.54, 1.807) is 22.6 Å². The van der Waals surface area contributed by atoms with E-state index >= 15 is 0 Å². The SMILES string of the molecule is Nc1nnc2cccc(Cl)n12. The van der Waals surface area contributed by atoms with Gasteiger partial charge < -0.3 is 5.73 Å². The lowest BCUT2D eigenvalue weighted by Gasteiger charge is -1.95. The molecule has 2 aromatic heterocycles. The summed E-state index contributed by atoms with van der Waals surface area (Å²) in [6.45, 7) is 0. The van der Waals surface area contributed by atoms with Crippen LogP contribution in [0.1, 0.15) is 0 Å². The van der Waals surface area contributed by atoms with Crippen LogP contribution in [0.15, 0.2) is 18.2 Å². The van der Waals surface area contributed by atoms with Crippen LogP contribution in [0.5, 0.6) is 0 Å². The number of halogens is 1. The van der Waals surface area contributed by atoms with Crippen molar-refractivity contribution in [1.29, 1.82) is 0 Å². The van der Waals surface area contributed by atoms with Crippen molar-refractivity contribution in [3.05, 3.63) is 23.4 Å². The van der Waals surface area contributed by atoms with Gasteiger partial charge in [0.1, 0.15) is 5.15 Å². The van der Waals surface area contributed by atoms with Crippen LogP contribution in [0.2, 0.25) is 5.15 Å². The van der Waals surface area contributed by atoms with Gasteiger partial charge in [-0.2, -0.15) is 0 Å². The Labute approximate surface area is 67.6 Å². The molecule has 2 N–H and O–H groups in total. The Hall–Kier alpha value is -1.29. The van der Waals surface area contributed by atoms with Gasteiger partial charge in [0.05, 0.1) is 0 Å². The molecule has 0 unspecified atom stereocenters. The summed E-state index contributed by atoms with van der Waals surface area (Å²) >= 11 is 5.81. The van der Waals surface area contributed by atoms with Crippen molar-refractivity contribution in [2.45, 2.75) is 0 Å². The number of rotatable bonds is 0. The van der Waals surface area contributed by atoms with Crippen molar-refractivity contribution in [2.75, 3.05) is 5.73 Å². The molecule has 0 saturated heterocycles. The van der Waals surface area contributed by atoms with Crippen molar-refractivity contribution in [2.24, 2.45) is 0 Å². The molecule has 56 valence electrons. The van der Waals surface area contributed by atoms with Gasteiger partial charge in [-0.25, -0.2) is 0 Å². The zero-order valence-electron chi connectivity index (χ0n) is 5.53. The van der Waals surface area contributed by atoms with E-state index < -0.39 is 0 Å². The van der Waals surface area contributed by atoms with Crippen molar-refractivity contribution >= 4 is 23.2 Å². The molecule has 4 nitrogen and oxygen atoms in total. The van der Waals surface area contributed by atoms with Crippen molar-refractivity contribution in [3.8, 4) is 0 Å². The molecule has 0 amide bonds. The van der Waals surface area contributed by atoms with Crippen molar-refractivity contribution < 1.29 is 0 Å². The highest BCUT2D eigenvalue weighted by atomic mass is 35.5. The van der Waals surface area contributed by atoms with Crippen LogP contribution in [0, 0.1) is 0 Å². The van der Waals surface area contributed by atoms with E-state index in [-0.39, 0.29) is 0 Å². The van der Waals surface area contributed by atoms with Crippen LogP contribution in [-0.4, -0.2) is 14.6 Å². The average Bonchev–Trinajstić information content (AvgIpc) is 2.34. The first-order valence-corrected chi connectivity index (χ1v) is 3.42. The lowest BCUT2D eigenvalue weighted by molar-refractivity contribution is 1.12. The van der Waals surface area contributed by atoms with Gasteiger partial charge in [-0.1, -0.05) is 17.7 Å². The number of aromatic nitrogens is 3. The Morgan fingerprint density at radius 1 is 1.36 bits per heavy atom. The summed E-state index contributed by atoms with van der Waals surface area (Å²) in [5.41, 5.74) is 6.14. The Kier molecular flexibility index (Phi) is 1.22. The summed E-state index contributed by atoms with van der Waals surface area (Å²) in [6.07, 6.45) is 0. The molecule has 0 aliphatic rings. The van der Waals surface area contributed by atoms with E-state index in [4.69, 9.17) is 17.3 Å². The maximum absolute atomic E-state index is 5.81. The monoisotopic (exact) mass is 168 g/mol. The Morgan fingerprint density at radius 3 is 2.91 bits per heavy atom. The van der Waals surface area contributed by atoms with E-state index in [1.165, 1.54) is 0 Å². The minimum atomic E-state index is 0.311. The van der Waals surface area contributed by atoms with Gasteiger partial charge in [0.15, 0.2) is 5.65 Å². The second kappa shape index (κ2) is 2.10. The molecular weight excluding hydrogens is 164 g/mol. The molecule has 0 aliphatic carbocycles. The first-order chi connectivity index (χ1) is 5.29. The first kappa shape index (κ1) is 6.42. The third-order valence-electron chi connectivity index (χ3n) is 1.41. The molecule has 0 bridgehead atoms. The summed E-state index contributed by atoms with van der Waals surface area (Å²) in [7, 11) is 0. The van der Waals surface area contributed by atoms with Gasteiger partial charge in [-0.05, 0) is 12.1 Å². The summed E-state index contributed by atoms with van der Waals surface area (Å²) < 4.78 is 1.57. The highest BCUT2D eigenvalue weighted by Crippen LogP contribution is 2.13. The topological polar surface area (TPSA) is 56.2 Å². The van der Waals surface area contributed by atoms with E-state index in [1.807, 2.05) is 0 Å². The van der Waals surface area contributed by atoms with Gasteiger partial charge in [-0.3, -0.25) is 4.40 Å². The average molecular weight is 169 g/mol. The minimum Gasteiger partial charge on any atom is -0.368 e. The zero-order chi connectivity index (χ0) is 7.84. The van der Waals surface area contributed by atoms with Crippen LogP contribution in [0.4, 0.5) is 5.95 Å². The van der Waals surface area contributed by atoms with Crippen LogP contribution in [-0.2, 0) is 0 Å². The number of hydrogen-bond donors (Lipinski definition) is 1. The lowest BCUT2D eigenvalue weighted by atomic mass is 10.5. The Morgan fingerprint density at radius 2 is 2.18 bits per heavy atom. The number of anilines is 1. The van der Waals surface area contributed by atoms with E-state index in [0.717, 1.165) is 0 Å². The van der Waals surface area contributed by atoms with Crippen LogP contribution >= 0.6 is 11.6 Å². The van der Waals surface area contributed by atoms with Gasteiger partial charge >= 0.3 is 0 Å². The number of nitrogen functional groups attached to an aromatic ring is 1. The van der Waals surface area contributed by atoms with Gasteiger partial charge in [-0.15, -0.1) is 10.2 Å². The molecule has 2 rings (SSSR count). The second-order valence-electron chi connectivity index (χ2n) is 2.10. The molecule has 0 aliphatic heterocycles. The van der Waals surface area contributed by atoms with Crippen LogP contribution < -0.4 is 5.73 Å². The molecule has 2 heterocycles. The molecule has 0 atom stereocenters. The smallest absolute Gasteiger partial charge is 0.227 e. The molecule has 0 saturated carbocycles. The quantitative estimate of drug-likeness (QED) is 0.597. The lowest BCUT2D eigenvalue weighted by Crippen LogP contribution is -1.94. The molecule has 0 fully saturated rings. The fourth-order valence-electron chi connectivity index (χ4n) is 0.924. The molecule has 11 heavy (non-hydrogen) atoms. The molecule has 0 spiro atoms. The third kappa shape index (κ3) is 0.832. The summed E-state index contributed by atoms with van der Waals surface area (Å²) in [6, 6.07) is 5.31. The summed E-state index contributed by atoms with van der Waals surface area (Å²) in [5.74, 6) is 0.311. The number of nitrogens with zero attached hydrogens (tertiary/aromatic N) is 3. The molecule has 5 heteroatoms. The van der Waals surface area contributed by atoms with Crippen LogP contribution in [0.3, 0.4) is 0 Å². The van der Waals surface area contributed by atoms with E-state index in [0.29, 0.717) is 16.7 Å². The predicted octanol–water partition coefficient (Wildman–Crippen LogP) is 0.965. The highest BCUT2D eigenvalue weighted by Gasteiger charge is 2.02. The Balaban J connectivity index is 2.96. The standard InChI is InChI=1S/C6H5ClN4/c7-4-2-1-3-5-9-10-6(8)11(4)5/h1-3H,(H2,8,10). The summed E-state index contributed by atoms with van der Waals surface area (Å²) in [4.78, 5) is 0. The fourth-order valence-corrected chi connectivity index (χ4v) is 1.17. The molecule has 2 aromatic rings. The molecule has 0 radical (unpaired) electrons. The number of nitrogens with two attached hydrogens (primary N) is 1. The minimum absolute atomic E-state index is 0.311. The molecular formula is C6H5ClN4. The zero-order valence-corrected chi connectivity index (χ0v) is 6.28. The molecule has 0 aromatic carbocycles. The normalized spacial score (nSPS) is 10.6. The maximum Gasteiger partial charge on any atom is 0.227 e. The second-order valence-corrected chi connectivity index (χ2v) is 2.49. The number of fused-ring (bicyclic) bond motifs is 1. The van der Waals surface area contributed by atoms with E-state index in [2.05, 4.69) is 10.2 Å². The largest absolute Gasteiger partial charge is 0.368 e. The number of hydrogen-bond acceptors (Lipinski definition) is 3. The van der Waals surface area contributed by atoms with Crippen molar-refractivity contribution in [3.63, 3.8) is 0 Å². The van der Waals surface area contributed by atoms with E-state index in [9.17, 15) is 0 Å². The van der Waals surface area contributed by atoms with Gasteiger partial charge in [0, 0.05) is 0 Å². The van der Waals surface area contributed by atoms with Crippen molar-refractivity contribution in [1.82, 2.24) is 14.6 Å². The fraction of sp³-hybridized carbons (Fsp3) is 0. The Bertz CT molecular complexity index is 394. The summed E-state index contributed by atoms with van der Waals surface area (Å²) in [5, 5.41) is 7.96. The van der Waals surface area contributed by atoms with Gasteiger partial charge in [0.25, 0.3) is 0 Å². The van der Waals surface area contributed by atoms with Crippen LogP contribution in [0.25, 0.3) is 5.65 Å². The third-order valence-corrected chi connectivity index (χ3v) is 1.70. The van der Waals surface area contributed by atoms with Gasteiger partial charge in [0.2, 0.25) is 5.95 Å².